The van der Waals surface area contributed by atoms with Gasteiger partial charge in [0.25, 0.3) is 5.91 Å². The molecule has 1 amide bonds. The summed E-state index contributed by atoms with van der Waals surface area (Å²) >= 11 is 3.36. The molecule has 98 valence electrons. The van der Waals surface area contributed by atoms with E-state index in [9.17, 15) is 4.79 Å². The second-order valence-electron chi connectivity index (χ2n) is 4.61. The fourth-order valence-electron chi connectivity index (χ4n) is 2.10. The summed E-state index contributed by atoms with van der Waals surface area (Å²) in [6.45, 7) is 4.52. The molecule has 2 rings (SSSR count). The first-order chi connectivity index (χ1) is 8.49. The molecule has 18 heavy (non-hydrogen) atoms. The number of ether oxygens (including phenoxy) is 1. The van der Waals surface area contributed by atoms with E-state index in [-0.39, 0.29) is 18.1 Å². The van der Waals surface area contributed by atoms with Crippen LogP contribution in [0.2, 0.25) is 0 Å². The highest BCUT2D eigenvalue weighted by atomic mass is 79.9. The van der Waals surface area contributed by atoms with Crippen LogP contribution in [-0.4, -0.2) is 24.7 Å². The molecule has 2 unspecified atom stereocenters. The number of nitrogens with two attached hydrogens (primary N) is 1. The zero-order valence-corrected chi connectivity index (χ0v) is 12.1. The summed E-state index contributed by atoms with van der Waals surface area (Å²) in [5.74, 6) is -0.0946. The molecule has 1 aliphatic heterocycles. The maximum Gasteiger partial charge on any atom is 0.251 e. The molecule has 0 aliphatic carbocycles. The molecule has 0 bridgehead atoms. The Labute approximate surface area is 115 Å². The fraction of sp³-hybridized carbons (Fsp3) is 0.462. The molecular formula is C13H17BrN2O2. The Morgan fingerprint density at radius 2 is 2.28 bits per heavy atom. The topological polar surface area (TPSA) is 64.4 Å². The SMILES string of the molecule is Cc1c(N)cc(Br)cc1C(=O)NC1CCOC1C. The van der Waals surface area contributed by atoms with Crippen LogP contribution in [0, 0.1) is 6.92 Å². The summed E-state index contributed by atoms with van der Waals surface area (Å²) in [5, 5.41) is 3.00. The molecular weight excluding hydrogens is 296 g/mol. The van der Waals surface area contributed by atoms with Gasteiger partial charge in [0.05, 0.1) is 12.1 Å². The van der Waals surface area contributed by atoms with Crippen LogP contribution >= 0.6 is 15.9 Å². The molecule has 0 aromatic heterocycles. The van der Waals surface area contributed by atoms with Crippen molar-refractivity contribution in [3.63, 3.8) is 0 Å². The molecule has 1 aromatic carbocycles. The zero-order valence-electron chi connectivity index (χ0n) is 10.5. The molecule has 1 saturated heterocycles. The summed E-state index contributed by atoms with van der Waals surface area (Å²) in [7, 11) is 0. The van der Waals surface area contributed by atoms with Gasteiger partial charge < -0.3 is 15.8 Å². The number of rotatable bonds is 2. The largest absolute Gasteiger partial charge is 0.398 e. The van der Waals surface area contributed by atoms with Gasteiger partial charge in [-0.2, -0.15) is 0 Å². The van der Waals surface area contributed by atoms with Gasteiger partial charge in [-0.15, -0.1) is 0 Å². The monoisotopic (exact) mass is 312 g/mol. The number of nitrogens with one attached hydrogen (secondary N) is 1. The number of halogens is 1. The average molecular weight is 313 g/mol. The highest BCUT2D eigenvalue weighted by molar-refractivity contribution is 9.10. The highest BCUT2D eigenvalue weighted by Crippen LogP contribution is 2.23. The quantitative estimate of drug-likeness (QED) is 0.823. The summed E-state index contributed by atoms with van der Waals surface area (Å²) in [6.07, 6.45) is 0.925. The van der Waals surface area contributed by atoms with Crippen molar-refractivity contribution in [1.29, 1.82) is 0 Å². The number of hydrogen-bond acceptors (Lipinski definition) is 3. The van der Waals surface area contributed by atoms with Crippen LogP contribution in [0.25, 0.3) is 0 Å². The van der Waals surface area contributed by atoms with Crippen LogP contribution in [0.15, 0.2) is 16.6 Å². The van der Waals surface area contributed by atoms with Crippen molar-refractivity contribution in [3.05, 3.63) is 27.7 Å². The predicted molar refractivity (Wildman–Crippen MR) is 74.6 cm³/mol. The van der Waals surface area contributed by atoms with E-state index in [1.54, 1.807) is 12.1 Å². The first-order valence-corrected chi connectivity index (χ1v) is 6.76. The lowest BCUT2D eigenvalue weighted by Crippen LogP contribution is -2.39. The van der Waals surface area contributed by atoms with Crippen LogP contribution in [0.3, 0.4) is 0 Å². The van der Waals surface area contributed by atoms with Crippen LogP contribution < -0.4 is 11.1 Å². The molecule has 1 aromatic rings. The lowest BCUT2D eigenvalue weighted by molar-refractivity contribution is 0.0865. The third kappa shape index (κ3) is 2.67. The molecule has 3 N–H and O–H groups in total. The predicted octanol–water partition coefficient (Wildman–Crippen LogP) is 2.25. The minimum Gasteiger partial charge on any atom is -0.398 e. The smallest absolute Gasteiger partial charge is 0.251 e. The number of amides is 1. The van der Waals surface area contributed by atoms with Crippen molar-refractivity contribution >= 4 is 27.5 Å². The first kappa shape index (κ1) is 13.4. The summed E-state index contributed by atoms with van der Waals surface area (Å²) < 4.78 is 6.24. The molecule has 2 atom stereocenters. The fourth-order valence-corrected chi connectivity index (χ4v) is 2.58. The van der Waals surface area contributed by atoms with Crippen LogP contribution in [0.4, 0.5) is 5.69 Å². The van der Waals surface area contributed by atoms with Crippen molar-refractivity contribution in [2.45, 2.75) is 32.4 Å². The van der Waals surface area contributed by atoms with E-state index in [0.717, 1.165) is 16.5 Å². The Kier molecular flexibility index (Phi) is 3.92. The molecule has 0 radical (unpaired) electrons. The normalized spacial score (nSPS) is 23.1. The van der Waals surface area contributed by atoms with E-state index >= 15 is 0 Å². The minimum absolute atomic E-state index is 0.0683. The summed E-state index contributed by atoms with van der Waals surface area (Å²) in [6, 6.07) is 3.67. The number of benzene rings is 1. The van der Waals surface area contributed by atoms with Gasteiger partial charge in [-0.25, -0.2) is 0 Å². The van der Waals surface area contributed by atoms with Crippen molar-refractivity contribution in [2.75, 3.05) is 12.3 Å². The standard InChI is InChI=1S/C13H17BrN2O2/c1-7-10(5-9(14)6-11(7)15)13(17)16-12-3-4-18-8(12)2/h5-6,8,12H,3-4,15H2,1-2H3,(H,16,17). The number of anilines is 1. The Morgan fingerprint density at radius 3 is 2.89 bits per heavy atom. The third-order valence-corrected chi connectivity index (χ3v) is 3.81. The highest BCUT2D eigenvalue weighted by Gasteiger charge is 2.26. The van der Waals surface area contributed by atoms with E-state index in [1.165, 1.54) is 0 Å². The number of carbonyl (C=O) groups excluding carboxylic acids is 1. The van der Waals surface area contributed by atoms with Gasteiger partial charge in [0, 0.05) is 22.3 Å². The van der Waals surface area contributed by atoms with Gasteiger partial charge in [-0.05, 0) is 38.0 Å². The van der Waals surface area contributed by atoms with Gasteiger partial charge in [-0.3, -0.25) is 4.79 Å². The average Bonchev–Trinajstić information content (AvgIpc) is 2.69. The molecule has 5 heteroatoms. The van der Waals surface area contributed by atoms with Crippen LogP contribution in [-0.2, 0) is 4.74 Å². The van der Waals surface area contributed by atoms with Crippen LogP contribution in [0.1, 0.15) is 29.3 Å². The summed E-state index contributed by atoms with van der Waals surface area (Å²) in [4.78, 5) is 12.2. The van der Waals surface area contributed by atoms with Gasteiger partial charge in [-0.1, -0.05) is 15.9 Å². The first-order valence-electron chi connectivity index (χ1n) is 5.97. The number of nitrogen functional groups attached to an aromatic ring is 1. The zero-order chi connectivity index (χ0) is 13.3. The van der Waals surface area contributed by atoms with E-state index in [2.05, 4.69) is 21.2 Å². The maximum atomic E-state index is 12.2. The van der Waals surface area contributed by atoms with Gasteiger partial charge in [0.1, 0.15) is 0 Å². The van der Waals surface area contributed by atoms with Crippen molar-refractivity contribution in [3.8, 4) is 0 Å². The Hall–Kier alpha value is -1.07. The third-order valence-electron chi connectivity index (χ3n) is 3.35. The van der Waals surface area contributed by atoms with Crippen LogP contribution in [0.5, 0.6) is 0 Å². The molecule has 4 nitrogen and oxygen atoms in total. The Balaban J connectivity index is 2.18. The maximum absolute atomic E-state index is 12.2. The van der Waals surface area contributed by atoms with Crippen molar-refractivity contribution < 1.29 is 9.53 Å². The summed E-state index contributed by atoms with van der Waals surface area (Å²) in [5.41, 5.74) is 7.90. The molecule has 1 aliphatic rings. The Bertz CT molecular complexity index is 476. The van der Waals surface area contributed by atoms with E-state index in [4.69, 9.17) is 10.5 Å². The van der Waals surface area contributed by atoms with Gasteiger partial charge in [0.2, 0.25) is 0 Å². The van der Waals surface area contributed by atoms with Gasteiger partial charge in [0.15, 0.2) is 0 Å². The molecule has 1 heterocycles. The van der Waals surface area contributed by atoms with E-state index < -0.39 is 0 Å². The number of hydrogen-bond donors (Lipinski definition) is 2. The van der Waals surface area contributed by atoms with Crippen molar-refractivity contribution in [1.82, 2.24) is 5.32 Å². The lowest BCUT2D eigenvalue weighted by Gasteiger charge is -2.17. The lowest BCUT2D eigenvalue weighted by atomic mass is 10.0. The second-order valence-corrected chi connectivity index (χ2v) is 5.53. The van der Waals surface area contributed by atoms with E-state index in [1.807, 2.05) is 13.8 Å². The Morgan fingerprint density at radius 1 is 1.56 bits per heavy atom. The molecule has 0 saturated carbocycles. The van der Waals surface area contributed by atoms with Crippen molar-refractivity contribution in [2.24, 2.45) is 0 Å². The molecule has 1 fully saturated rings. The van der Waals surface area contributed by atoms with Gasteiger partial charge >= 0.3 is 0 Å². The number of carbonyl (C=O) groups is 1. The second kappa shape index (κ2) is 5.28. The van der Waals surface area contributed by atoms with E-state index in [0.29, 0.717) is 17.9 Å². The molecule has 0 spiro atoms. The minimum atomic E-state index is -0.0946.